The molecule has 0 radical (unpaired) electrons. The van der Waals surface area contributed by atoms with Crippen LogP contribution in [0, 0.1) is 0 Å². The van der Waals surface area contributed by atoms with Crippen molar-refractivity contribution in [2.75, 3.05) is 68.3 Å². The molecule has 0 aromatic heterocycles. The van der Waals surface area contributed by atoms with Crippen LogP contribution in [0.3, 0.4) is 0 Å². The molecule has 0 spiro atoms. The molecule has 1 amide bonds. The number of carbonyl (C=O) groups excluding carboxylic acids is 2. The van der Waals surface area contributed by atoms with Crippen molar-refractivity contribution >= 4 is 11.9 Å². The average Bonchev–Trinajstić information content (AvgIpc) is 2.91. The van der Waals surface area contributed by atoms with E-state index in [1.165, 1.54) is 18.1 Å². The number of methoxy groups -OCH3 is 4. The quantitative estimate of drug-likeness (QED) is 0.326. The van der Waals surface area contributed by atoms with E-state index in [9.17, 15) is 9.59 Å². The van der Waals surface area contributed by atoms with E-state index >= 15 is 0 Å². The molecule has 0 N–H and O–H groups in total. The Hall–Kier alpha value is -3.46. The standard InChI is InChI=1S/C29H40N2O7/c1-20(32)38-19-29(33)31(13-10-21-8-9-25(34-3)26(14-21)35-4)12-7-11-30(2)18-23-15-22-16-27(36-5)28(37-6)17-24(22)23/h8-9,14,16-17,23H,7,10-13,15,18-19H2,1-6H3/t23-/m1/s1. The van der Waals surface area contributed by atoms with E-state index in [-0.39, 0.29) is 12.5 Å². The third-order valence-corrected chi connectivity index (χ3v) is 6.92. The Kier molecular flexibility index (Phi) is 10.6. The van der Waals surface area contributed by atoms with Crippen molar-refractivity contribution in [3.8, 4) is 23.0 Å². The van der Waals surface area contributed by atoms with E-state index in [0.29, 0.717) is 36.9 Å². The second kappa shape index (κ2) is 13.9. The van der Waals surface area contributed by atoms with Crippen molar-refractivity contribution in [3.63, 3.8) is 0 Å². The van der Waals surface area contributed by atoms with Gasteiger partial charge in [-0.25, -0.2) is 0 Å². The zero-order valence-corrected chi connectivity index (χ0v) is 23.4. The molecular formula is C29H40N2O7. The van der Waals surface area contributed by atoms with Crippen LogP contribution in [0.4, 0.5) is 0 Å². The predicted octanol–water partition coefficient (Wildman–Crippen LogP) is 3.32. The molecule has 0 unspecified atom stereocenters. The Labute approximate surface area is 225 Å². The van der Waals surface area contributed by atoms with Gasteiger partial charge in [-0.1, -0.05) is 6.07 Å². The molecule has 1 atom stereocenters. The molecule has 1 aliphatic carbocycles. The second-order valence-electron chi connectivity index (χ2n) is 9.52. The molecule has 2 aromatic carbocycles. The van der Waals surface area contributed by atoms with Crippen LogP contribution in [0.25, 0.3) is 0 Å². The molecule has 9 heteroatoms. The molecule has 0 saturated carbocycles. The highest BCUT2D eigenvalue weighted by atomic mass is 16.5. The molecule has 38 heavy (non-hydrogen) atoms. The van der Waals surface area contributed by atoms with Crippen LogP contribution in [0.15, 0.2) is 30.3 Å². The molecule has 3 rings (SSSR count). The third kappa shape index (κ3) is 7.54. The fourth-order valence-corrected chi connectivity index (χ4v) is 4.82. The molecule has 0 heterocycles. The third-order valence-electron chi connectivity index (χ3n) is 6.92. The van der Waals surface area contributed by atoms with Gasteiger partial charge in [-0.15, -0.1) is 0 Å². The number of hydrogen-bond donors (Lipinski definition) is 0. The number of fused-ring (bicyclic) bond motifs is 1. The summed E-state index contributed by atoms with van der Waals surface area (Å²) in [7, 11) is 8.61. The van der Waals surface area contributed by atoms with Gasteiger partial charge in [0.1, 0.15) is 0 Å². The lowest BCUT2D eigenvalue weighted by molar-refractivity contribution is -0.150. The molecule has 208 valence electrons. The van der Waals surface area contributed by atoms with Gasteiger partial charge in [0.25, 0.3) is 5.91 Å². The molecule has 9 nitrogen and oxygen atoms in total. The summed E-state index contributed by atoms with van der Waals surface area (Å²) in [5.41, 5.74) is 3.64. The maximum Gasteiger partial charge on any atom is 0.303 e. The van der Waals surface area contributed by atoms with Crippen molar-refractivity contribution in [3.05, 3.63) is 47.0 Å². The van der Waals surface area contributed by atoms with Gasteiger partial charge in [0, 0.05) is 32.5 Å². The molecule has 0 bridgehead atoms. The van der Waals surface area contributed by atoms with E-state index in [1.54, 1.807) is 33.3 Å². The molecule has 1 aliphatic rings. The molecule has 2 aromatic rings. The van der Waals surface area contributed by atoms with E-state index in [4.69, 9.17) is 23.7 Å². The number of rotatable bonds is 15. The zero-order chi connectivity index (χ0) is 27.7. The summed E-state index contributed by atoms with van der Waals surface area (Å²) in [6.45, 7) is 3.91. The van der Waals surface area contributed by atoms with E-state index in [2.05, 4.69) is 24.1 Å². The summed E-state index contributed by atoms with van der Waals surface area (Å²) in [6.07, 6.45) is 2.46. The van der Waals surface area contributed by atoms with Gasteiger partial charge in [-0.05, 0) is 73.8 Å². The number of carbonyl (C=O) groups is 2. The van der Waals surface area contributed by atoms with Crippen LogP contribution < -0.4 is 18.9 Å². The van der Waals surface area contributed by atoms with Gasteiger partial charge in [0.2, 0.25) is 0 Å². The van der Waals surface area contributed by atoms with Crippen LogP contribution in [0.1, 0.15) is 36.0 Å². The highest BCUT2D eigenvalue weighted by Crippen LogP contribution is 2.42. The summed E-state index contributed by atoms with van der Waals surface area (Å²) in [4.78, 5) is 28.1. The van der Waals surface area contributed by atoms with Gasteiger partial charge < -0.3 is 33.5 Å². The first-order valence-electron chi connectivity index (χ1n) is 12.8. The number of hydrogen-bond acceptors (Lipinski definition) is 8. The fraction of sp³-hybridized carbons (Fsp3) is 0.517. The Bertz CT molecular complexity index is 1100. The van der Waals surface area contributed by atoms with Crippen molar-refractivity contribution in [1.29, 1.82) is 0 Å². The summed E-state index contributed by atoms with van der Waals surface area (Å²) in [5.74, 6) is 2.62. The smallest absolute Gasteiger partial charge is 0.303 e. The van der Waals surface area contributed by atoms with Crippen molar-refractivity contribution in [2.45, 2.75) is 32.1 Å². The number of esters is 1. The lowest BCUT2D eigenvalue weighted by Gasteiger charge is -2.34. The highest BCUT2D eigenvalue weighted by molar-refractivity contribution is 5.80. The van der Waals surface area contributed by atoms with Gasteiger partial charge in [0.05, 0.1) is 28.4 Å². The number of ether oxygens (including phenoxy) is 5. The molecule has 0 saturated heterocycles. The summed E-state index contributed by atoms with van der Waals surface area (Å²) in [6, 6.07) is 9.89. The predicted molar refractivity (Wildman–Crippen MR) is 145 cm³/mol. The van der Waals surface area contributed by atoms with Crippen LogP contribution in [-0.4, -0.2) is 89.9 Å². The van der Waals surface area contributed by atoms with E-state index in [0.717, 1.165) is 43.0 Å². The maximum atomic E-state index is 12.8. The average molecular weight is 529 g/mol. The zero-order valence-electron chi connectivity index (χ0n) is 23.4. The van der Waals surface area contributed by atoms with Crippen LogP contribution in [-0.2, 0) is 27.2 Å². The fourth-order valence-electron chi connectivity index (χ4n) is 4.82. The van der Waals surface area contributed by atoms with Crippen LogP contribution in [0.5, 0.6) is 23.0 Å². The number of amides is 1. The maximum absolute atomic E-state index is 12.8. The van der Waals surface area contributed by atoms with Gasteiger partial charge in [0.15, 0.2) is 29.6 Å². The van der Waals surface area contributed by atoms with Crippen LogP contribution >= 0.6 is 0 Å². The van der Waals surface area contributed by atoms with Crippen LogP contribution in [0.2, 0.25) is 0 Å². The first-order chi connectivity index (χ1) is 18.3. The highest BCUT2D eigenvalue weighted by Gasteiger charge is 2.29. The van der Waals surface area contributed by atoms with Gasteiger partial charge in [-0.2, -0.15) is 0 Å². The summed E-state index contributed by atoms with van der Waals surface area (Å²) < 4.78 is 26.6. The van der Waals surface area contributed by atoms with Crippen molar-refractivity contribution in [1.82, 2.24) is 9.80 Å². The molecule has 0 aliphatic heterocycles. The largest absolute Gasteiger partial charge is 0.493 e. The normalized spacial score (nSPS) is 13.8. The minimum atomic E-state index is -0.465. The first-order valence-corrected chi connectivity index (χ1v) is 12.8. The number of likely N-dealkylation sites (N-methyl/N-ethyl adjacent to an activating group) is 1. The minimum Gasteiger partial charge on any atom is -0.493 e. The Balaban J connectivity index is 1.54. The molecular weight excluding hydrogens is 488 g/mol. The minimum absolute atomic E-state index is 0.197. The van der Waals surface area contributed by atoms with Crippen molar-refractivity contribution in [2.24, 2.45) is 0 Å². The number of benzene rings is 2. The SMILES string of the molecule is COc1ccc(CCN(CCCN(C)C[C@H]2Cc3cc(OC)c(OC)cc32)C(=O)COC(C)=O)cc1OC. The summed E-state index contributed by atoms with van der Waals surface area (Å²) >= 11 is 0. The lowest BCUT2D eigenvalue weighted by atomic mass is 9.77. The van der Waals surface area contributed by atoms with E-state index in [1.807, 2.05) is 18.2 Å². The Morgan fingerprint density at radius 2 is 1.53 bits per heavy atom. The topological polar surface area (TPSA) is 86.8 Å². The monoisotopic (exact) mass is 528 g/mol. The van der Waals surface area contributed by atoms with Crippen molar-refractivity contribution < 1.29 is 33.3 Å². The Morgan fingerprint density at radius 1 is 0.868 bits per heavy atom. The lowest BCUT2D eigenvalue weighted by Crippen LogP contribution is -2.38. The second-order valence-corrected chi connectivity index (χ2v) is 9.52. The first kappa shape index (κ1) is 29.1. The van der Waals surface area contributed by atoms with Gasteiger partial charge in [-0.3, -0.25) is 9.59 Å². The summed E-state index contributed by atoms with van der Waals surface area (Å²) in [5, 5.41) is 0. The molecule has 0 fully saturated rings. The number of nitrogens with zero attached hydrogens (tertiary/aromatic N) is 2. The Morgan fingerprint density at radius 3 is 2.18 bits per heavy atom. The van der Waals surface area contributed by atoms with Gasteiger partial charge >= 0.3 is 5.97 Å². The van der Waals surface area contributed by atoms with E-state index < -0.39 is 5.97 Å².